The van der Waals surface area contributed by atoms with Crippen LogP contribution in [0.15, 0.2) is 24.3 Å². The molecule has 0 radical (unpaired) electrons. The van der Waals surface area contributed by atoms with Crippen molar-refractivity contribution in [2.24, 2.45) is 0 Å². The van der Waals surface area contributed by atoms with E-state index < -0.39 is 15.7 Å². The quantitative estimate of drug-likeness (QED) is 0.920. The van der Waals surface area contributed by atoms with Crippen LogP contribution in [0.3, 0.4) is 0 Å². The highest BCUT2D eigenvalue weighted by atomic mass is 35.5. The minimum atomic E-state index is -1.000. The molecule has 0 fully saturated rings. The largest absolute Gasteiger partial charge is 0.464 e. The van der Waals surface area contributed by atoms with Gasteiger partial charge in [0, 0.05) is 10.8 Å². The first-order chi connectivity index (χ1) is 7.56. The molecule has 1 aromatic rings. The molecule has 0 saturated heterocycles. The van der Waals surface area contributed by atoms with Gasteiger partial charge in [0.05, 0.1) is 6.54 Å². The molecule has 0 spiro atoms. The molecule has 6 heteroatoms. The Hall–Kier alpha value is -0.650. The Labute approximate surface area is 107 Å². The fourth-order valence-electron chi connectivity index (χ4n) is 1.16. The van der Waals surface area contributed by atoms with E-state index in [-0.39, 0.29) is 6.54 Å². The fraction of sp³-hybridized carbons (Fsp3) is 0.300. The summed E-state index contributed by atoms with van der Waals surface area (Å²) >= 11 is 11.1. The van der Waals surface area contributed by atoms with Crippen molar-refractivity contribution in [3.05, 3.63) is 34.9 Å². The minimum absolute atomic E-state index is 0.245. The lowest BCUT2D eigenvalue weighted by molar-refractivity contribution is 0.173. The van der Waals surface area contributed by atoms with Gasteiger partial charge in [-0.05, 0) is 32.5 Å². The van der Waals surface area contributed by atoms with Crippen LogP contribution in [0, 0.1) is 0 Å². The van der Waals surface area contributed by atoms with E-state index in [1.807, 2.05) is 19.1 Å². The Kier molecular flexibility index (Phi) is 5.18. The van der Waals surface area contributed by atoms with Gasteiger partial charge < -0.3 is 5.11 Å². The van der Waals surface area contributed by atoms with Gasteiger partial charge in [-0.1, -0.05) is 36.7 Å². The number of rotatable bonds is 4. The van der Waals surface area contributed by atoms with E-state index >= 15 is 0 Å². The van der Waals surface area contributed by atoms with Crippen molar-refractivity contribution >= 4 is 38.5 Å². The minimum Gasteiger partial charge on any atom is -0.464 e. The van der Waals surface area contributed by atoms with Gasteiger partial charge in [0.2, 0.25) is 0 Å². The number of benzene rings is 1. The Morgan fingerprint density at radius 1 is 1.56 bits per heavy atom. The summed E-state index contributed by atoms with van der Waals surface area (Å²) in [5, 5.41) is 9.62. The molecule has 1 aromatic carbocycles. The first-order valence-electron chi connectivity index (χ1n) is 4.68. The third-order valence-corrected chi connectivity index (χ3v) is 4.86. The molecule has 0 aliphatic heterocycles. The highest BCUT2D eigenvalue weighted by Gasteiger charge is 2.16. The van der Waals surface area contributed by atoms with Gasteiger partial charge in [0.15, 0.2) is 0 Å². The van der Waals surface area contributed by atoms with Crippen LogP contribution < -0.4 is 0 Å². The molecule has 0 heterocycles. The maximum atomic E-state index is 11.0. The molecule has 88 valence electrons. The third-order valence-electron chi connectivity index (χ3n) is 1.98. The van der Waals surface area contributed by atoms with Gasteiger partial charge >= 0.3 is 6.09 Å². The first kappa shape index (κ1) is 13.4. The molecule has 3 nitrogen and oxygen atoms in total. The average Bonchev–Trinajstić information content (AvgIpc) is 2.26. The number of carboxylic acid groups (broad SMARTS) is 1. The van der Waals surface area contributed by atoms with E-state index in [0.29, 0.717) is 10.8 Å². The summed E-state index contributed by atoms with van der Waals surface area (Å²) in [5.74, 6) is 0.631. The Balaban J connectivity index is 2.88. The lowest BCUT2D eigenvalue weighted by atomic mass is 10.2. The van der Waals surface area contributed by atoms with Crippen molar-refractivity contribution in [1.29, 1.82) is 0 Å². The van der Waals surface area contributed by atoms with E-state index in [9.17, 15) is 4.79 Å². The van der Waals surface area contributed by atoms with Crippen LogP contribution in [-0.4, -0.2) is 21.3 Å². The van der Waals surface area contributed by atoms with E-state index in [0.717, 1.165) is 5.56 Å². The zero-order chi connectivity index (χ0) is 12.1. The molecule has 1 unspecified atom stereocenters. The molecule has 1 amide bonds. The van der Waals surface area contributed by atoms with E-state index in [1.165, 1.54) is 4.31 Å². The number of hydrogen-bond donors (Lipinski definition) is 1. The van der Waals surface area contributed by atoms with Crippen LogP contribution in [0.1, 0.15) is 12.5 Å². The first-order valence-corrected chi connectivity index (χ1v) is 7.34. The highest BCUT2D eigenvalue weighted by Crippen LogP contribution is 2.18. The van der Waals surface area contributed by atoms with Gasteiger partial charge in [-0.2, -0.15) is 0 Å². The van der Waals surface area contributed by atoms with Crippen molar-refractivity contribution < 1.29 is 9.90 Å². The zero-order valence-electron chi connectivity index (χ0n) is 8.72. The van der Waals surface area contributed by atoms with Gasteiger partial charge in [-0.3, -0.25) is 0 Å². The van der Waals surface area contributed by atoms with Crippen LogP contribution in [0.2, 0.25) is 5.02 Å². The summed E-state index contributed by atoms with van der Waals surface area (Å²) in [7, 11) is -0.695. The van der Waals surface area contributed by atoms with Crippen molar-refractivity contribution in [2.75, 3.05) is 5.75 Å². The normalized spacial score (nSPS) is 12.1. The van der Waals surface area contributed by atoms with Crippen LogP contribution in [0.4, 0.5) is 4.79 Å². The maximum absolute atomic E-state index is 11.0. The lowest BCUT2D eigenvalue weighted by Crippen LogP contribution is -2.31. The lowest BCUT2D eigenvalue weighted by Gasteiger charge is -2.20. The maximum Gasteiger partial charge on any atom is 0.417 e. The standard InChI is InChI=1S/C10H12ClNO2S2/c1-2-16(15)12(10(13)14)7-8-5-3-4-6-9(8)11/h3-6H,2,7H2,1H3,(H,13,14). The highest BCUT2D eigenvalue weighted by molar-refractivity contribution is 8.27. The predicted octanol–water partition coefficient (Wildman–Crippen LogP) is 2.84. The van der Waals surface area contributed by atoms with Gasteiger partial charge in [0.25, 0.3) is 0 Å². The van der Waals surface area contributed by atoms with Crippen molar-refractivity contribution in [3.8, 4) is 0 Å². The summed E-state index contributed by atoms with van der Waals surface area (Å²) in [6, 6.07) is 7.18. The van der Waals surface area contributed by atoms with Crippen LogP contribution in [-0.2, 0) is 27.4 Å². The van der Waals surface area contributed by atoms with E-state index in [2.05, 4.69) is 0 Å². The molecule has 16 heavy (non-hydrogen) atoms. The second-order valence-electron chi connectivity index (χ2n) is 3.02. The molecule has 0 aliphatic rings. The van der Waals surface area contributed by atoms with E-state index in [1.54, 1.807) is 12.1 Å². The predicted molar refractivity (Wildman–Crippen MR) is 70.3 cm³/mol. The van der Waals surface area contributed by atoms with E-state index in [4.69, 9.17) is 27.9 Å². The zero-order valence-corrected chi connectivity index (χ0v) is 11.1. The Morgan fingerprint density at radius 2 is 2.19 bits per heavy atom. The monoisotopic (exact) mass is 277 g/mol. The molecular formula is C10H12ClNO2S2. The SMILES string of the molecule is CCS(=S)N(Cc1ccccc1Cl)C(=O)O. The number of halogens is 1. The van der Waals surface area contributed by atoms with Gasteiger partial charge in [-0.15, -0.1) is 0 Å². The Bertz CT molecular complexity index is 412. The van der Waals surface area contributed by atoms with Gasteiger partial charge in [-0.25, -0.2) is 9.10 Å². The van der Waals surface area contributed by atoms with Crippen molar-refractivity contribution in [2.45, 2.75) is 13.5 Å². The smallest absolute Gasteiger partial charge is 0.417 e. The van der Waals surface area contributed by atoms with Crippen LogP contribution in [0.5, 0.6) is 0 Å². The summed E-state index contributed by atoms with van der Waals surface area (Å²) in [6.45, 7) is 2.12. The molecule has 1 N–H and O–H groups in total. The second-order valence-corrected chi connectivity index (χ2v) is 6.24. The summed E-state index contributed by atoms with van der Waals surface area (Å²) in [4.78, 5) is 11.0. The van der Waals surface area contributed by atoms with Crippen LogP contribution in [0.25, 0.3) is 0 Å². The van der Waals surface area contributed by atoms with Crippen LogP contribution >= 0.6 is 11.6 Å². The second kappa shape index (κ2) is 6.18. The average molecular weight is 278 g/mol. The molecule has 1 atom stereocenters. The summed E-state index contributed by atoms with van der Waals surface area (Å²) < 4.78 is 1.25. The Morgan fingerprint density at radius 3 is 2.69 bits per heavy atom. The number of carbonyl (C=O) groups is 1. The fourth-order valence-corrected chi connectivity index (χ4v) is 2.48. The molecule has 0 saturated carbocycles. The molecular weight excluding hydrogens is 266 g/mol. The summed E-state index contributed by atoms with van der Waals surface area (Å²) in [6.07, 6.45) is -1.000. The van der Waals surface area contributed by atoms with Crippen molar-refractivity contribution in [1.82, 2.24) is 4.31 Å². The number of nitrogens with zero attached hydrogens (tertiary/aromatic N) is 1. The number of amides is 1. The van der Waals surface area contributed by atoms with Crippen molar-refractivity contribution in [3.63, 3.8) is 0 Å². The number of hydrogen-bond acceptors (Lipinski definition) is 2. The topological polar surface area (TPSA) is 40.5 Å². The third kappa shape index (κ3) is 3.43. The molecule has 0 bridgehead atoms. The summed E-state index contributed by atoms with van der Waals surface area (Å²) in [5.41, 5.74) is 0.780. The molecule has 1 rings (SSSR count). The molecule has 0 aliphatic carbocycles. The molecule has 0 aromatic heterocycles. The van der Waals surface area contributed by atoms with Gasteiger partial charge in [0.1, 0.15) is 0 Å².